The minimum atomic E-state index is -0.932. The molecule has 34 heavy (non-hydrogen) atoms. The number of carboxylic acid groups (broad SMARTS) is 1. The van der Waals surface area contributed by atoms with Crippen LogP contribution in [0.1, 0.15) is 22.7 Å². The van der Waals surface area contributed by atoms with Gasteiger partial charge in [0.25, 0.3) is 0 Å². The van der Waals surface area contributed by atoms with Crippen molar-refractivity contribution in [2.24, 2.45) is 5.92 Å². The molecule has 2 amide bonds. The third kappa shape index (κ3) is 4.12. The first-order chi connectivity index (χ1) is 16.5. The molecule has 1 saturated heterocycles. The first-order valence-electron chi connectivity index (χ1n) is 11.1. The highest BCUT2D eigenvalue weighted by molar-refractivity contribution is 5.88. The number of nitrogens with zero attached hydrogens (tertiary/aromatic N) is 2. The topological polar surface area (TPSA) is 125 Å². The molecule has 2 aromatic carbocycles. The molecule has 1 atom stereocenters. The lowest BCUT2D eigenvalue weighted by atomic mass is 9.98. The summed E-state index contributed by atoms with van der Waals surface area (Å²) in [5.41, 5.74) is 5.13. The number of aromatic amines is 1. The Bertz CT molecular complexity index is 1170. The van der Waals surface area contributed by atoms with Crippen LogP contribution in [0.15, 0.2) is 61.1 Å². The Morgan fingerprint density at radius 2 is 1.74 bits per heavy atom. The van der Waals surface area contributed by atoms with Gasteiger partial charge in [-0.25, -0.2) is 9.78 Å². The molecular weight excluding hydrogens is 436 g/mol. The normalized spacial score (nSPS) is 15.7. The molecule has 2 aliphatic rings. The average Bonchev–Trinajstić information content (AvgIpc) is 3.42. The zero-order valence-electron chi connectivity index (χ0n) is 18.3. The maximum absolute atomic E-state index is 13.0. The molecule has 0 radical (unpaired) electrons. The number of fused-ring (bicyclic) bond motifs is 3. The van der Waals surface area contributed by atoms with Gasteiger partial charge in [-0.3, -0.25) is 9.59 Å². The summed E-state index contributed by atoms with van der Waals surface area (Å²) in [4.78, 5) is 45.1. The van der Waals surface area contributed by atoms with Gasteiger partial charge in [0.1, 0.15) is 12.6 Å². The monoisotopic (exact) mass is 460 g/mol. The van der Waals surface area contributed by atoms with E-state index in [9.17, 15) is 14.4 Å². The van der Waals surface area contributed by atoms with E-state index >= 15 is 0 Å². The number of hydrogen-bond acceptors (Lipinski definition) is 5. The summed E-state index contributed by atoms with van der Waals surface area (Å²) < 4.78 is 5.59. The second-order valence-corrected chi connectivity index (χ2v) is 8.58. The number of benzene rings is 2. The van der Waals surface area contributed by atoms with Crippen molar-refractivity contribution in [3.05, 3.63) is 77.9 Å². The maximum atomic E-state index is 13.0. The number of likely N-dealkylation sites (tertiary alicyclic amines) is 1. The number of imidazole rings is 1. The van der Waals surface area contributed by atoms with Gasteiger partial charge >= 0.3 is 12.1 Å². The van der Waals surface area contributed by atoms with Gasteiger partial charge in [-0.1, -0.05) is 48.5 Å². The fraction of sp³-hybridized carbons (Fsp3) is 0.280. The Morgan fingerprint density at radius 3 is 2.32 bits per heavy atom. The molecule has 1 fully saturated rings. The molecule has 5 rings (SSSR count). The number of aromatic nitrogens is 2. The van der Waals surface area contributed by atoms with E-state index in [0.717, 1.165) is 22.3 Å². The summed E-state index contributed by atoms with van der Waals surface area (Å²) >= 11 is 0. The Hall–Kier alpha value is -4.14. The number of alkyl carbamates (subject to hydrolysis) is 1. The summed E-state index contributed by atoms with van der Waals surface area (Å²) in [5.74, 6) is -1.95. The van der Waals surface area contributed by atoms with Crippen LogP contribution in [0.5, 0.6) is 0 Å². The number of hydrogen-bond donors (Lipinski definition) is 3. The number of H-pyrrole nitrogens is 1. The van der Waals surface area contributed by atoms with Crippen LogP contribution >= 0.6 is 0 Å². The molecule has 1 aliphatic carbocycles. The van der Waals surface area contributed by atoms with Crippen molar-refractivity contribution in [2.45, 2.75) is 18.4 Å². The van der Waals surface area contributed by atoms with E-state index in [1.807, 2.05) is 36.4 Å². The van der Waals surface area contributed by atoms with Crippen molar-refractivity contribution in [2.75, 3.05) is 19.7 Å². The number of nitrogens with one attached hydrogen (secondary N) is 2. The van der Waals surface area contributed by atoms with Crippen LogP contribution in [0.2, 0.25) is 0 Å². The van der Waals surface area contributed by atoms with Crippen molar-refractivity contribution in [3.63, 3.8) is 0 Å². The van der Waals surface area contributed by atoms with Crippen LogP contribution in [0.3, 0.4) is 0 Å². The maximum Gasteiger partial charge on any atom is 0.407 e. The highest BCUT2D eigenvalue weighted by atomic mass is 16.5. The number of carboxylic acids is 1. The summed E-state index contributed by atoms with van der Waals surface area (Å²) in [7, 11) is 0. The molecule has 9 heteroatoms. The smallest absolute Gasteiger partial charge is 0.407 e. The van der Waals surface area contributed by atoms with E-state index in [-0.39, 0.29) is 37.9 Å². The predicted molar refractivity (Wildman–Crippen MR) is 122 cm³/mol. The molecule has 0 saturated carbocycles. The van der Waals surface area contributed by atoms with Gasteiger partial charge in [0.2, 0.25) is 5.91 Å². The van der Waals surface area contributed by atoms with Gasteiger partial charge in [-0.05, 0) is 22.3 Å². The fourth-order valence-corrected chi connectivity index (χ4v) is 4.63. The van der Waals surface area contributed by atoms with Gasteiger partial charge in [-0.2, -0.15) is 0 Å². The third-order valence-electron chi connectivity index (χ3n) is 6.46. The molecule has 0 bridgehead atoms. The lowest BCUT2D eigenvalue weighted by Crippen LogP contribution is -2.59. The lowest BCUT2D eigenvalue weighted by Gasteiger charge is -2.38. The standard InChI is InChI=1S/C25H24N4O5/c30-23(29-11-15(12-29)24(31)32)22(9-16-10-26-14-27-16)28-25(33)34-13-21-19-7-3-1-5-17(19)18-6-2-4-8-20(18)21/h1-8,10,14-15,21-22H,9,11-13H2,(H,26,27)(H,28,33)(H,31,32)/t22-/m0/s1. The van der Waals surface area contributed by atoms with Crippen molar-refractivity contribution in [3.8, 4) is 11.1 Å². The second kappa shape index (κ2) is 9.01. The molecule has 174 valence electrons. The second-order valence-electron chi connectivity index (χ2n) is 8.58. The number of ether oxygens (including phenoxy) is 1. The van der Waals surface area contributed by atoms with Crippen molar-refractivity contribution >= 4 is 18.0 Å². The molecule has 3 N–H and O–H groups in total. The Morgan fingerprint density at radius 1 is 1.09 bits per heavy atom. The van der Waals surface area contributed by atoms with Crippen LogP contribution in [0.4, 0.5) is 4.79 Å². The molecule has 9 nitrogen and oxygen atoms in total. The number of carbonyl (C=O) groups excluding carboxylic acids is 2. The van der Waals surface area contributed by atoms with Crippen LogP contribution in [-0.4, -0.2) is 63.7 Å². The summed E-state index contributed by atoms with van der Waals surface area (Å²) in [6.07, 6.45) is 2.57. The zero-order valence-corrected chi connectivity index (χ0v) is 18.3. The Labute approximate surface area is 195 Å². The zero-order chi connectivity index (χ0) is 23.7. The minimum Gasteiger partial charge on any atom is -0.481 e. The largest absolute Gasteiger partial charge is 0.481 e. The SMILES string of the molecule is O=C(N[C@@H](Cc1cnc[nH]1)C(=O)N1CC(C(=O)O)C1)OCC1c2ccccc2-c2ccccc21. The van der Waals surface area contributed by atoms with Gasteiger partial charge in [0.15, 0.2) is 0 Å². The predicted octanol–water partition coefficient (Wildman–Crippen LogP) is 2.40. The quantitative estimate of drug-likeness (QED) is 0.497. The number of carbonyl (C=O) groups is 3. The summed E-state index contributed by atoms with van der Waals surface area (Å²) in [5, 5.41) is 11.8. The van der Waals surface area contributed by atoms with Crippen LogP contribution < -0.4 is 5.32 Å². The molecule has 1 aliphatic heterocycles. The highest BCUT2D eigenvalue weighted by Gasteiger charge is 2.39. The molecule has 0 spiro atoms. The first-order valence-corrected chi connectivity index (χ1v) is 11.1. The summed E-state index contributed by atoms with van der Waals surface area (Å²) in [6, 6.07) is 15.2. The van der Waals surface area contributed by atoms with Crippen molar-refractivity contribution in [1.82, 2.24) is 20.2 Å². The number of amides is 2. The number of rotatable bonds is 7. The van der Waals surface area contributed by atoms with Crippen molar-refractivity contribution in [1.29, 1.82) is 0 Å². The van der Waals surface area contributed by atoms with Crippen LogP contribution in [-0.2, 0) is 20.7 Å². The molecule has 0 unspecified atom stereocenters. The van der Waals surface area contributed by atoms with E-state index in [0.29, 0.717) is 5.69 Å². The van der Waals surface area contributed by atoms with E-state index in [1.54, 1.807) is 6.20 Å². The number of aliphatic carboxylic acids is 1. The van der Waals surface area contributed by atoms with E-state index < -0.39 is 24.0 Å². The minimum absolute atomic E-state index is 0.0911. The van der Waals surface area contributed by atoms with Gasteiger partial charge in [-0.15, -0.1) is 0 Å². The Kier molecular flexibility index (Phi) is 5.75. The first kappa shape index (κ1) is 21.7. The molecule has 2 heterocycles. The van der Waals surface area contributed by atoms with Crippen LogP contribution in [0, 0.1) is 5.92 Å². The van der Waals surface area contributed by atoms with Crippen LogP contribution in [0.25, 0.3) is 11.1 Å². The Balaban J connectivity index is 1.26. The highest BCUT2D eigenvalue weighted by Crippen LogP contribution is 2.44. The fourth-order valence-electron chi connectivity index (χ4n) is 4.63. The molecular formula is C25H24N4O5. The van der Waals surface area contributed by atoms with E-state index in [4.69, 9.17) is 9.84 Å². The van der Waals surface area contributed by atoms with Gasteiger partial charge in [0.05, 0.1) is 12.2 Å². The van der Waals surface area contributed by atoms with Gasteiger partial charge in [0, 0.05) is 37.3 Å². The third-order valence-corrected chi connectivity index (χ3v) is 6.46. The van der Waals surface area contributed by atoms with E-state index in [1.165, 1.54) is 11.2 Å². The van der Waals surface area contributed by atoms with E-state index in [2.05, 4.69) is 27.4 Å². The van der Waals surface area contributed by atoms with Crippen molar-refractivity contribution < 1.29 is 24.2 Å². The van der Waals surface area contributed by atoms with Gasteiger partial charge < -0.3 is 25.0 Å². The molecule has 3 aromatic rings. The average molecular weight is 460 g/mol. The lowest BCUT2D eigenvalue weighted by molar-refractivity contribution is -0.153. The summed E-state index contributed by atoms with van der Waals surface area (Å²) in [6.45, 7) is 0.385. The molecule has 1 aromatic heterocycles.